The van der Waals surface area contributed by atoms with Gasteiger partial charge in [-0.05, 0) is 32.0 Å². The van der Waals surface area contributed by atoms with Crippen molar-refractivity contribution in [1.82, 2.24) is 19.9 Å². The van der Waals surface area contributed by atoms with Crippen molar-refractivity contribution >= 4 is 5.65 Å². The van der Waals surface area contributed by atoms with E-state index in [-0.39, 0.29) is 0 Å². The lowest BCUT2D eigenvalue weighted by Gasteiger charge is -1.99. The molecule has 0 aromatic carbocycles. The van der Waals surface area contributed by atoms with E-state index in [1.54, 1.807) is 0 Å². The van der Waals surface area contributed by atoms with E-state index in [9.17, 15) is 0 Å². The van der Waals surface area contributed by atoms with Gasteiger partial charge >= 0.3 is 0 Å². The van der Waals surface area contributed by atoms with E-state index in [4.69, 9.17) is 0 Å². The summed E-state index contributed by atoms with van der Waals surface area (Å²) in [5.41, 5.74) is 2.09. The number of aromatic nitrogens is 3. The van der Waals surface area contributed by atoms with Gasteiger partial charge in [0.05, 0.1) is 0 Å². The van der Waals surface area contributed by atoms with Gasteiger partial charge in [0.2, 0.25) is 0 Å². The molecule has 4 heteroatoms. The third kappa shape index (κ3) is 1.41. The van der Waals surface area contributed by atoms with Gasteiger partial charge in [-0.15, -0.1) is 0 Å². The van der Waals surface area contributed by atoms with Crippen molar-refractivity contribution in [3.8, 4) is 0 Å². The number of nitrogens with zero attached hydrogens (tertiary/aromatic N) is 3. The molecule has 1 unspecified atom stereocenters. The van der Waals surface area contributed by atoms with Crippen LogP contribution in [-0.4, -0.2) is 27.7 Å². The Hall–Kier alpha value is -1.42. The Morgan fingerprint density at radius 3 is 3.13 bits per heavy atom. The van der Waals surface area contributed by atoms with Crippen molar-refractivity contribution in [1.29, 1.82) is 0 Å². The minimum absolute atomic E-state index is 0.490. The molecule has 1 aliphatic rings. The van der Waals surface area contributed by atoms with Crippen LogP contribution in [0.3, 0.4) is 0 Å². The molecule has 0 spiro atoms. The predicted molar refractivity (Wildman–Crippen MR) is 58.0 cm³/mol. The molecule has 0 aliphatic carbocycles. The summed E-state index contributed by atoms with van der Waals surface area (Å²) in [7, 11) is 0. The van der Waals surface area contributed by atoms with E-state index >= 15 is 0 Å². The first-order chi connectivity index (χ1) is 7.34. The van der Waals surface area contributed by atoms with E-state index < -0.39 is 0 Å². The first-order valence-electron chi connectivity index (χ1n) is 5.37. The molecular weight excluding hydrogens is 188 g/mol. The van der Waals surface area contributed by atoms with Gasteiger partial charge in [0.15, 0.2) is 11.5 Å². The molecule has 1 aliphatic heterocycles. The minimum Gasteiger partial charge on any atom is -0.316 e. The van der Waals surface area contributed by atoms with Crippen molar-refractivity contribution in [2.45, 2.75) is 19.3 Å². The molecule has 2 aromatic rings. The molecule has 0 amide bonds. The number of hydrogen-bond acceptors (Lipinski definition) is 3. The molecule has 0 bridgehead atoms. The van der Waals surface area contributed by atoms with Crippen LogP contribution in [0.15, 0.2) is 18.2 Å². The monoisotopic (exact) mass is 202 g/mol. The molecule has 15 heavy (non-hydrogen) atoms. The number of hydrogen-bond donors (Lipinski definition) is 1. The van der Waals surface area contributed by atoms with Crippen LogP contribution in [0.25, 0.3) is 5.65 Å². The van der Waals surface area contributed by atoms with E-state index in [0.29, 0.717) is 5.92 Å². The Kier molecular flexibility index (Phi) is 1.95. The summed E-state index contributed by atoms with van der Waals surface area (Å²) >= 11 is 0. The third-order valence-corrected chi connectivity index (χ3v) is 2.99. The molecule has 0 radical (unpaired) electrons. The van der Waals surface area contributed by atoms with Crippen molar-refractivity contribution in [2.24, 2.45) is 0 Å². The summed E-state index contributed by atoms with van der Waals surface area (Å²) in [6.07, 6.45) is 1.15. The summed E-state index contributed by atoms with van der Waals surface area (Å²) in [4.78, 5) is 4.57. The van der Waals surface area contributed by atoms with E-state index in [1.807, 2.05) is 16.6 Å². The second-order valence-corrected chi connectivity index (χ2v) is 4.10. The minimum atomic E-state index is 0.490. The van der Waals surface area contributed by atoms with E-state index in [0.717, 1.165) is 36.7 Å². The molecule has 4 nitrogen and oxygen atoms in total. The van der Waals surface area contributed by atoms with E-state index in [2.05, 4.69) is 28.4 Å². The normalized spacial score (nSPS) is 21.3. The molecule has 1 fully saturated rings. The van der Waals surface area contributed by atoms with Gasteiger partial charge in [0.1, 0.15) is 0 Å². The first kappa shape index (κ1) is 8.85. The van der Waals surface area contributed by atoms with Crippen LogP contribution in [0.4, 0.5) is 0 Å². The topological polar surface area (TPSA) is 42.2 Å². The summed E-state index contributed by atoms with van der Waals surface area (Å²) in [5, 5.41) is 7.90. The average molecular weight is 202 g/mol. The first-order valence-corrected chi connectivity index (χ1v) is 5.37. The number of aryl methyl sites for hydroxylation is 1. The maximum atomic E-state index is 4.57. The zero-order valence-corrected chi connectivity index (χ0v) is 8.77. The molecular formula is C11H14N4. The molecule has 0 saturated carbocycles. The van der Waals surface area contributed by atoms with Gasteiger partial charge in [-0.2, -0.15) is 5.10 Å². The maximum absolute atomic E-state index is 4.57. The lowest BCUT2D eigenvalue weighted by atomic mass is 10.1. The van der Waals surface area contributed by atoms with Crippen LogP contribution in [-0.2, 0) is 0 Å². The Morgan fingerprint density at radius 1 is 1.47 bits per heavy atom. The van der Waals surface area contributed by atoms with Crippen molar-refractivity contribution < 1.29 is 0 Å². The van der Waals surface area contributed by atoms with Gasteiger partial charge < -0.3 is 5.32 Å². The largest absolute Gasteiger partial charge is 0.316 e. The fraction of sp³-hybridized carbons (Fsp3) is 0.455. The van der Waals surface area contributed by atoms with Crippen molar-refractivity contribution in [3.05, 3.63) is 29.7 Å². The van der Waals surface area contributed by atoms with Gasteiger partial charge in [-0.25, -0.2) is 9.50 Å². The zero-order valence-electron chi connectivity index (χ0n) is 8.77. The fourth-order valence-electron chi connectivity index (χ4n) is 2.10. The summed E-state index contributed by atoms with van der Waals surface area (Å²) in [5.74, 6) is 1.47. The van der Waals surface area contributed by atoms with Gasteiger partial charge in [0.25, 0.3) is 0 Å². The zero-order chi connectivity index (χ0) is 10.3. The molecule has 2 aromatic heterocycles. The van der Waals surface area contributed by atoms with Crippen LogP contribution in [0.2, 0.25) is 0 Å². The van der Waals surface area contributed by atoms with Gasteiger partial charge in [-0.1, -0.05) is 6.07 Å². The molecule has 1 atom stereocenters. The number of rotatable bonds is 1. The highest BCUT2D eigenvalue weighted by Crippen LogP contribution is 2.19. The summed E-state index contributed by atoms with van der Waals surface area (Å²) in [6.45, 7) is 4.15. The van der Waals surface area contributed by atoms with Gasteiger partial charge in [-0.3, -0.25) is 0 Å². The standard InChI is InChI=1S/C11H14N4/c1-8-3-2-4-10-13-11(14-15(8)10)9-5-6-12-7-9/h2-4,9,12H,5-7H2,1H3. The second kappa shape index (κ2) is 3.31. The highest BCUT2D eigenvalue weighted by atomic mass is 15.3. The Labute approximate surface area is 88.3 Å². The Morgan fingerprint density at radius 2 is 2.40 bits per heavy atom. The third-order valence-electron chi connectivity index (χ3n) is 2.99. The Balaban J connectivity index is 2.09. The van der Waals surface area contributed by atoms with Crippen LogP contribution in [0.1, 0.15) is 23.9 Å². The van der Waals surface area contributed by atoms with Crippen molar-refractivity contribution in [2.75, 3.05) is 13.1 Å². The molecule has 1 saturated heterocycles. The molecule has 1 N–H and O–H groups in total. The lowest BCUT2D eigenvalue weighted by molar-refractivity contribution is 0.696. The predicted octanol–water partition coefficient (Wildman–Crippen LogP) is 1.11. The molecule has 78 valence electrons. The highest BCUT2D eigenvalue weighted by Gasteiger charge is 2.21. The van der Waals surface area contributed by atoms with Gasteiger partial charge in [0, 0.05) is 18.2 Å². The van der Waals surface area contributed by atoms with Crippen molar-refractivity contribution in [3.63, 3.8) is 0 Å². The summed E-state index contributed by atoms with van der Waals surface area (Å²) in [6, 6.07) is 6.08. The highest BCUT2D eigenvalue weighted by molar-refractivity contribution is 5.39. The maximum Gasteiger partial charge on any atom is 0.156 e. The lowest BCUT2D eigenvalue weighted by Crippen LogP contribution is -2.09. The number of fused-ring (bicyclic) bond motifs is 1. The summed E-state index contributed by atoms with van der Waals surface area (Å²) < 4.78 is 1.92. The number of pyridine rings is 1. The quantitative estimate of drug-likeness (QED) is 0.753. The molecule has 3 heterocycles. The van der Waals surface area contributed by atoms with Crippen LogP contribution in [0.5, 0.6) is 0 Å². The van der Waals surface area contributed by atoms with Crippen LogP contribution < -0.4 is 5.32 Å². The molecule has 3 rings (SSSR count). The van der Waals surface area contributed by atoms with Crippen LogP contribution >= 0.6 is 0 Å². The average Bonchev–Trinajstić information content (AvgIpc) is 2.86. The smallest absolute Gasteiger partial charge is 0.156 e. The Bertz CT molecular complexity index is 482. The van der Waals surface area contributed by atoms with Crippen LogP contribution in [0, 0.1) is 6.92 Å². The SMILES string of the molecule is Cc1cccc2nc(C3CCNC3)nn12. The number of nitrogens with one attached hydrogen (secondary N) is 1. The fourth-order valence-corrected chi connectivity index (χ4v) is 2.10. The second-order valence-electron chi connectivity index (χ2n) is 4.10. The van der Waals surface area contributed by atoms with E-state index in [1.165, 1.54) is 0 Å².